The second-order valence-electron chi connectivity index (χ2n) is 10.2. The summed E-state index contributed by atoms with van der Waals surface area (Å²) in [6.45, 7) is 0.552. The number of hydrogen-bond acceptors (Lipinski definition) is 5. The van der Waals surface area contributed by atoms with Crippen molar-refractivity contribution in [2.24, 2.45) is 0 Å². The summed E-state index contributed by atoms with van der Waals surface area (Å²) < 4.78 is 17.2. The Labute approximate surface area is 218 Å². The minimum absolute atomic E-state index is 0.111. The molecular formula is C27H33N7O2S. The molecule has 0 radical (unpaired) electrons. The van der Waals surface area contributed by atoms with E-state index in [0.717, 1.165) is 71.4 Å². The standard InChI is InChI=1S/C27H33N7O2S/c28-25-23-12-11-22(37(36)14-13-33-17-29-16-30-33)15-24(23)34(21-5-2-6-21)26(25)18-7-9-20(10-8-18)32-27(35)31-19-3-1-4-19/h7,9,11-12,15-17,19,21H,1-6,8,10,13-14,28H2,(H2,31,32,35). The Balaban J connectivity index is 1.27. The Kier molecular flexibility index (Phi) is 6.58. The number of aromatic nitrogens is 4. The average Bonchev–Trinajstić information content (AvgIpc) is 3.46. The van der Waals surface area contributed by atoms with Gasteiger partial charge in [0.15, 0.2) is 0 Å². The molecule has 37 heavy (non-hydrogen) atoms. The minimum atomic E-state index is -1.16. The van der Waals surface area contributed by atoms with Crippen LogP contribution >= 0.6 is 0 Å². The van der Waals surface area contributed by atoms with Gasteiger partial charge in [-0.05, 0) is 81.2 Å². The molecule has 2 fully saturated rings. The molecule has 9 nitrogen and oxygen atoms in total. The first-order valence-electron chi connectivity index (χ1n) is 13.2. The lowest BCUT2D eigenvalue weighted by Crippen LogP contribution is -2.44. The lowest BCUT2D eigenvalue weighted by Gasteiger charge is -2.31. The number of rotatable bonds is 8. The van der Waals surface area contributed by atoms with E-state index < -0.39 is 10.8 Å². The van der Waals surface area contributed by atoms with Crippen LogP contribution in [0.2, 0.25) is 0 Å². The third-order valence-electron chi connectivity index (χ3n) is 7.86. The first-order valence-corrected chi connectivity index (χ1v) is 14.5. The molecule has 4 N–H and O–H groups in total. The molecule has 0 aliphatic heterocycles. The van der Waals surface area contributed by atoms with Crippen molar-refractivity contribution in [3.05, 3.63) is 54.4 Å². The minimum Gasteiger partial charge on any atom is -0.396 e. The molecule has 194 valence electrons. The largest absolute Gasteiger partial charge is 0.396 e. The lowest BCUT2D eigenvalue weighted by molar-refractivity contribution is 0.230. The molecule has 3 aliphatic carbocycles. The molecule has 2 heterocycles. The van der Waals surface area contributed by atoms with Gasteiger partial charge in [-0.25, -0.2) is 9.78 Å². The number of nitrogen functional groups attached to an aromatic ring is 1. The van der Waals surface area contributed by atoms with Gasteiger partial charge in [-0.2, -0.15) is 5.10 Å². The summed E-state index contributed by atoms with van der Waals surface area (Å²) in [4.78, 5) is 17.0. The number of carbonyl (C=O) groups is 1. The summed E-state index contributed by atoms with van der Waals surface area (Å²) in [6, 6.07) is 6.61. The average molecular weight is 520 g/mol. The highest BCUT2D eigenvalue weighted by Crippen LogP contribution is 2.44. The fourth-order valence-electron chi connectivity index (χ4n) is 5.31. The lowest BCUT2D eigenvalue weighted by atomic mass is 9.91. The molecule has 1 aromatic carbocycles. The van der Waals surface area contributed by atoms with Crippen molar-refractivity contribution in [3.8, 4) is 0 Å². The molecule has 6 rings (SSSR count). The molecular weight excluding hydrogens is 486 g/mol. The first kappa shape index (κ1) is 24.0. The van der Waals surface area contributed by atoms with Gasteiger partial charge in [0.2, 0.25) is 0 Å². The number of anilines is 1. The van der Waals surface area contributed by atoms with Crippen molar-refractivity contribution in [1.82, 2.24) is 30.0 Å². The number of benzene rings is 1. The number of fused-ring (bicyclic) bond motifs is 1. The highest BCUT2D eigenvalue weighted by Gasteiger charge is 2.29. The Hall–Kier alpha value is -3.40. The van der Waals surface area contributed by atoms with E-state index in [1.807, 2.05) is 18.2 Å². The second-order valence-corrected chi connectivity index (χ2v) is 11.8. The van der Waals surface area contributed by atoms with Crippen molar-refractivity contribution < 1.29 is 9.00 Å². The Morgan fingerprint density at radius 1 is 1.14 bits per heavy atom. The van der Waals surface area contributed by atoms with Gasteiger partial charge in [0.1, 0.15) is 12.7 Å². The highest BCUT2D eigenvalue weighted by molar-refractivity contribution is 7.85. The van der Waals surface area contributed by atoms with Crippen molar-refractivity contribution in [2.45, 2.75) is 74.9 Å². The zero-order valence-corrected chi connectivity index (χ0v) is 21.7. The number of hydrogen-bond donors (Lipinski definition) is 3. The van der Waals surface area contributed by atoms with Gasteiger partial charge in [-0.15, -0.1) is 0 Å². The van der Waals surface area contributed by atoms with Crippen LogP contribution in [0.15, 0.2) is 53.6 Å². The van der Waals surface area contributed by atoms with Crippen LogP contribution in [0.25, 0.3) is 16.5 Å². The predicted molar refractivity (Wildman–Crippen MR) is 145 cm³/mol. The van der Waals surface area contributed by atoms with E-state index in [-0.39, 0.29) is 6.03 Å². The van der Waals surface area contributed by atoms with Crippen LogP contribution in [0.3, 0.4) is 0 Å². The number of nitrogens with zero attached hydrogens (tertiary/aromatic N) is 4. The Morgan fingerprint density at radius 3 is 2.62 bits per heavy atom. The smallest absolute Gasteiger partial charge is 0.319 e. The number of nitrogens with two attached hydrogens (primary N) is 1. The second kappa shape index (κ2) is 10.2. The molecule has 3 aliphatic rings. The molecule has 1 atom stereocenters. The Morgan fingerprint density at radius 2 is 1.97 bits per heavy atom. The molecule has 0 saturated heterocycles. The van der Waals surface area contributed by atoms with Crippen LogP contribution in [0, 0.1) is 0 Å². The normalized spacial score (nSPS) is 19.0. The molecule has 3 aromatic rings. The fourth-order valence-corrected chi connectivity index (χ4v) is 6.36. The third kappa shape index (κ3) is 4.82. The van der Waals surface area contributed by atoms with Crippen molar-refractivity contribution >= 4 is 39.0 Å². The topological polar surface area (TPSA) is 120 Å². The monoisotopic (exact) mass is 519 g/mol. The molecule has 2 aromatic heterocycles. The zero-order chi connectivity index (χ0) is 25.4. The number of allylic oxidation sites excluding steroid dienone is 4. The summed E-state index contributed by atoms with van der Waals surface area (Å²) in [6.07, 6.45) is 15.6. The van der Waals surface area contributed by atoms with Gasteiger partial charge in [0.05, 0.1) is 34.2 Å². The van der Waals surface area contributed by atoms with E-state index in [2.05, 4.69) is 37.4 Å². The van der Waals surface area contributed by atoms with Crippen LogP contribution < -0.4 is 16.4 Å². The number of urea groups is 1. The summed E-state index contributed by atoms with van der Waals surface area (Å²) in [7, 11) is -1.16. The van der Waals surface area contributed by atoms with Gasteiger partial charge < -0.3 is 20.9 Å². The van der Waals surface area contributed by atoms with Crippen LogP contribution in [0.4, 0.5) is 10.5 Å². The maximum Gasteiger partial charge on any atom is 0.319 e. The number of carbonyl (C=O) groups excluding carboxylic acids is 1. The van der Waals surface area contributed by atoms with Crippen molar-refractivity contribution in [3.63, 3.8) is 0 Å². The van der Waals surface area contributed by atoms with E-state index >= 15 is 0 Å². The van der Waals surface area contributed by atoms with Crippen LogP contribution in [-0.2, 0) is 17.3 Å². The van der Waals surface area contributed by atoms with Gasteiger partial charge in [-0.1, -0.05) is 6.08 Å². The third-order valence-corrected chi connectivity index (χ3v) is 9.19. The molecule has 2 saturated carbocycles. The van der Waals surface area contributed by atoms with Gasteiger partial charge in [-0.3, -0.25) is 8.89 Å². The fraction of sp³-hybridized carbons (Fsp3) is 0.444. The Bertz CT molecular complexity index is 1400. The van der Waals surface area contributed by atoms with E-state index in [0.29, 0.717) is 24.4 Å². The highest BCUT2D eigenvalue weighted by atomic mass is 32.2. The molecule has 0 spiro atoms. The zero-order valence-electron chi connectivity index (χ0n) is 20.9. The first-order chi connectivity index (χ1) is 18.1. The summed E-state index contributed by atoms with van der Waals surface area (Å²) in [5.41, 5.74) is 11.8. The van der Waals surface area contributed by atoms with E-state index in [1.54, 1.807) is 11.0 Å². The number of aryl methyl sites for hydroxylation is 1. The summed E-state index contributed by atoms with van der Waals surface area (Å²) in [5, 5.41) is 11.2. The molecule has 10 heteroatoms. The molecule has 1 unspecified atom stereocenters. The number of amides is 2. The quantitative estimate of drug-likeness (QED) is 0.411. The van der Waals surface area contributed by atoms with E-state index in [9.17, 15) is 9.00 Å². The van der Waals surface area contributed by atoms with Crippen molar-refractivity contribution in [1.29, 1.82) is 0 Å². The van der Waals surface area contributed by atoms with Crippen LogP contribution in [0.5, 0.6) is 0 Å². The van der Waals surface area contributed by atoms with E-state index in [4.69, 9.17) is 5.73 Å². The molecule has 0 bridgehead atoms. The van der Waals surface area contributed by atoms with Gasteiger partial charge >= 0.3 is 6.03 Å². The molecule has 2 amide bonds. The van der Waals surface area contributed by atoms with E-state index in [1.165, 1.54) is 24.7 Å². The number of nitrogens with one attached hydrogen (secondary N) is 2. The maximum absolute atomic E-state index is 13.1. The maximum atomic E-state index is 13.1. The van der Waals surface area contributed by atoms with Gasteiger partial charge in [0, 0.05) is 33.8 Å². The van der Waals surface area contributed by atoms with Gasteiger partial charge in [0.25, 0.3) is 0 Å². The summed E-state index contributed by atoms with van der Waals surface area (Å²) >= 11 is 0. The van der Waals surface area contributed by atoms with Crippen molar-refractivity contribution in [2.75, 3.05) is 11.5 Å². The van der Waals surface area contributed by atoms with Crippen LogP contribution in [-0.4, -0.2) is 41.4 Å². The SMILES string of the molecule is Nc1c(C2=CC=C(NC(=O)NC3CCC3)CC2)n(C2CCC2)c2cc(S(=O)CCn3cncn3)ccc12. The predicted octanol–water partition coefficient (Wildman–Crippen LogP) is 4.26. The van der Waals surface area contributed by atoms with Crippen LogP contribution in [0.1, 0.15) is 63.1 Å². The summed E-state index contributed by atoms with van der Waals surface area (Å²) in [5.74, 6) is 0.474.